The number of carbonyl (C=O) groups excluding carboxylic acids is 1. The molecule has 0 saturated carbocycles. The highest BCUT2D eigenvalue weighted by atomic mass is 16.1. The van der Waals surface area contributed by atoms with Crippen LogP contribution in [-0.2, 0) is 11.3 Å². The van der Waals surface area contributed by atoms with Gasteiger partial charge in [0.25, 0.3) is 0 Å². The summed E-state index contributed by atoms with van der Waals surface area (Å²) in [6.07, 6.45) is 0. The minimum atomic E-state index is -0.0862. The Bertz CT molecular complexity index is 684. The third-order valence-electron chi connectivity index (χ3n) is 3.12. The summed E-state index contributed by atoms with van der Waals surface area (Å²) < 4.78 is 0. The van der Waals surface area contributed by atoms with Crippen LogP contribution in [0.4, 0.5) is 11.4 Å². The molecule has 0 aliphatic rings. The highest BCUT2D eigenvalue weighted by Crippen LogP contribution is 2.21. The van der Waals surface area contributed by atoms with E-state index in [1.54, 1.807) is 12.1 Å². The Morgan fingerprint density at radius 1 is 1.19 bits per heavy atom. The molecule has 0 aliphatic carbocycles. The normalized spacial score (nSPS) is 9.76. The van der Waals surface area contributed by atoms with E-state index in [1.165, 1.54) is 6.92 Å². The lowest BCUT2D eigenvalue weighted by Crippen LogP contribution is -2.07. The van der Waals surface area contributed by atoms with E-state index < -0.39 is 0 Å². The van der Waals surface area contributed by atoms with Gasteiger partial charge in [-0.25, -0.2) is 0 Å². The average molecular weight is 279 g/mol. The first kappa shape index (κ1) is 14.6. The second-order valence-corrected chi connectivity index (χ2v) is 4.87. The molecule has 1 amide bonds. The minimum Gasteiger partial charge on any atom is -0.381 e. The van der Waals surface area contributed by atoms with Crippen LogP contribution in [0, 0.1) is 18.3 Å². The fourth-order valence-corrected chi connectivity index (χ4v) is 1.99. The Labute approximate surface area is 124 Å². The molecule has 0 unspecified atom stereocenters. The summed E-state index contributed by atoms with van der Waals surface area (Å²) in [6.45, 7) is 4.17. The first-order valence-corrected chi connectivity index (χ1v) is 6.69. The quantitative estimate of drug-likeness (QED) is 0.901. The lowest BCUT2D eigenvalue weighted by Gasteiger charge is -2.12. The number of nitrogens with one attached hydrogen (secondary N) is 2. The summed E-state index contributed by atoms with van der Waals surface area (Å²) in [6, 6.07) is 15.3. The summed E-state index contributed by atoms with van der Waals surface area (Å²) in [5.41, 5.74) is 4.61. The number of hydrogen-bond donors (Lipinski definition) is 2. The zero-order chi connectivity index (χ0) is 15.2. The van der Waals surface area contributed by atoms with Gasteiger partial charge in [0.2, 0.25) is 5.91 Å². The van der Waals surface area contributed by atoms with E-state index in [1.807, 2.05) is 37.3 Å². The fraction of sp³-hybridized carbons (Fsp3) is 0.176. The maximum atomic E-state index is 11.1. The summed E-state index contributed by atoms with van der Waals surface area (Å²) >= 11 is 0. The topological polar surface area (TPSA) is 64.9 Å². The molecule has 0 radical (unpaired) electrons. The third kappa shape index (κ3) is 4.08. The van der Waals surface area contributed by atoms with Gasteiger partial charge >= 0.3 is 0 Å². The van der Waals surface area contributed by atoms with Crippen LogP contribution >= 0.6 is 0 Å². The number of anilines is 2. The molecule has 2 aromatic carbocycles. The van der Waals surface area contributed by atoms with Crippen molar-refractivity contribution in [3.05, 3.63) is 59.2 Å². The molecule has 0 aromatic heterocycles. The highest BCUT2D eigenvalue weighted by molar-refractivity contribution is 5.89. The molecule has 106 valence electrons. The second-order valence-electron chi connectivity index (χ2n) is 4.87. The van der Waals surface area contributed by atoms with Crippen LogP contribution in [0.1, 0.15) is 23.6 Å². The summed E-state index contributed by atoms with van der Waals surface area (Å²) in [4.78, 5) is 11.1. The number of nitriles is 1. The largest absolute Gasteiger partial charge is 0.381 e. The van der Waals surface area contributed by atoms with Crippen LogP contribution in [0.25, 0.3) is 0 Å². The van der Waals surface area contributed by atoms with Gasteiger partial charge in [-0.2, -0.15) is 5.26 Å². The van der Waals surface area contributed by atoms with Crippen LogP contribution in [0.5, 0.6) is 0 Å². The summed E-state index contributed by atoms with van der Waals surface area (Å²) in [5.74, 6) is -0.0862. The molecule has 21 heavy (non-hydrogen) atoms. The predicted molar refractivity (Wildman–Crippen MR) is 84.0 cm³/mol. The SMILES string of the molecule is CC(=O)Nc1ccc(C)c(NCc2ccc(C#N)cc2)c1. The molecule has 2 rings (SSSR count). The van der Waals surface area contributed by atoms with Crippen molar-refractivity contribution in [1.29, 1.82) is 5.26 Å². The number of nitrogens with zero attached hydrogens (tertiary/aromatic N) is 1. The number of benzene rings is 2. The highest BCUT2D eigenvalue weighted by Gasteiger charge is 2.02. The summed E-state index contributed by atoms with van der Waals surface area (Å²) in [7, 11) is 0. The van der Waals surface area contributed by atoms with Gasteiger partial charge in [0.05, 0.1) is 11.6 Å². The first-order chi connectivity index (χ1) is 10.1. The van der Waals surface area contributed by atoms with E-state index in [0.717, 1.165) is 22.5 Å². The van der Waals surface area contributed by atoms with Crippen molar-refractivity contribution >= 4 is 17.3 Å². The molecule has 0 heterocycles. The Kier molecular flexibility index (Phi) is 4.57. The molecule has 0 aliphatic heterocycles. The van der Waals surface area contributed by atoms with Crippen LogP contribution in [0.3, 0.4) is 0 Å². The standard InChI is InChI=1S/C17H17N3O/c1-12-3-8-16(20-13(2)21)9-17(12)19-11-15-6-4-14(10-18)5-7-15/h3-9,19H,11H2,1-2H3,(H,20,21). The smallest absolute Gasteiger partial charge is 0.221 e. The lowest BCUT2D eigenvalue weighted by molar-refractivity contribution is -0.114. The van der Waals surface area contributed by atoms with Gasteiger partial charge in [-0.3, -0.25) is 4.79 Å². The molecule has 0 spiro atoms. The molecule has 0 fully saturated rings. The molecular formula is C17H17N3O. The van der Waals surface area contributed by atoms with E-state index in [9.17, 15) is 4.79 Å². The number of rotatable bonds is 4. The van der Waals surface area contributed by atoms with Gasteiger partial charge < -0.3 is 10.6 Å². The fourth-order valence-electron chi connectivity index (χ4n) is 1.99. The molecule has 4 nitrogen and oxygen atoms in total. The number of hydrogen-bond acceptors (Lipinski definition) is 3. The van der Waals surface area contributed by atoms with E-state index in [2.05, 4.69) is 16.7 Å². The van der Waals surface area contributed by atoms with Gasteiger partial charge in [0.15, 0.2) is 0 Å². The van der Waals surface area contributed by atoms with Crippen molar-refractivity contribution in [3.63, 3.8) is 0 Å². The van der Waals surface area contributed by atoms with Crippen LogP contribution < -0.4 is 10.6 Å². The Balaban J connectivity index is 2.08. The molecule has 0 atom stereocenters. The molecule has 0 bridgehead atoms. The minimum absolute atomic E-state index is 0.0862. The number of aryl methyl sites for hydroxylation is 1. The molecule has 2 aromatic rings. The molecule has 2 N–H and O–H groups in total. The van der Waals surface area contributed by atoms with Gasteiger partial charge in [-0.05, 0) is 42.3 Å². The van der Waals surface area contributed by atoms with Gasteiger partial charge in [-0.15, -0.1) is 0 Å². The average Bonchev–Trinajstić information content (AvgIpc) is 2.48. The number of carbonyl (C=O) groups is 1. The van der Waals surface area contributed by atoms with Crippen molar-refractivity contribution in [2.45, 2.75) is 20.4 Å². The van der Waals surface area contributed by atoms with Gasteiger partial charge in [0.1, 0.15) is 0 Å². The van der Waals surface area contributed by atoms with Crippen LogP contribution in [0.15, 0.2) is 42.5 Å². The molecular weight excluding hydrogens is 262 g/mol. The van der Waals surface area contributed by atoms with E-state index in [0.29, 0.717) is 12.1 Å². The molecule has 4 heteroatoms. The molecule has 0 saturated heterocycles. The van der Waals surface area contributed by atoms with Crippen molar-refractivity contribution in [2.75, 3.05) is 10.6 Å². The first-order valence-electron chi connectivity index (χ1n) is 6.69. The van der Waals surface area contributed by atoms with Crippen LogP contribution in [0.2, 0.25) is 0 Å². The van der Waals surface area contributed by atoms with Gasteiger partial charge in [0, 0.05) is 24.8 Å². The van der Waals surface area contributed by atoms with Crippen molar-refractivity contribution in [2.24, 2.45) is 0 Å². The van der Waals surface area contributed by atoms with E-state index >= 15 is 0 Å². The predicted octanol–water partition coefficient (Wildman–Crippen LogP) is 3.44. The Morgan fingerprint density at radius 2 is 1.90 bits per heavy atom. The zero-order valence-electron chi connectivity index (χ0n) is 12.1. The van der Waals surface area contributed by atoms with E-state index in [-0.39, 0.29) is 5.91 Å². The maximum Gasteiger partial charge on any atom is 0.221 e. The second kappa shape index (κ2) is 6.58. The third-order valence-corrected chi connectivity index (χ3v) is 3.12. The Hall–Kier alpha value is -2.80. The number of amides is 1. The van der Waals surface area contributed by atoms with Gasteiger partial charge in [-0.1, -0.05) is 18.2 Å². The maximum absolute atomic E-state index is 11.1. The lowest BCUT2D eigenvalue weighted by atomic mass is 10.1. The van der Waals surface area contributed by atoms with Crippen molar-refractivity contribution in [1.82, 2.24) is 0 Å². The monoisotopic (exact) mass is 279 g/mol. The summed E-state index contributed by atoms with van der Waals surface area (Å²) in [5, 5.41) is 14.9. The Morgan fingerprint density at radius 3 is 2.52 bits per heavy atom. The van der Waals surface area contributed by atoms with Crippen molar-refractivity contribution in [3.8, 4) is 6.07 Å². The zero-order valence-corrected chi connectivity index (χ0v) is 12.1. The van der Waals surface area contributed by atoms with Crippen molar-refractivity contribution < 1.29 is 4.79 Å². The van der Waals surface area contributed by atoms with Crippen LogP contribution in [-0.4, -0.2) is 5.91 Å². The van der Waals surface area contributed by atoms with E-state index in [4.69, 9.17) is 5.26 Å².